The van der Waals surface area contributed by atoms with Crippen LogP contribution in [0.25, 0.3) is 22.3 Å². The van der Waals surface area contributed by atoms with Gasteiger partial charge >= 0.3 is 0 Å². The summed E-state index contributed by atoms with van der Waals surface area (Å²) in [6.45, 7) is 4.00. The molecule has 0 saturated heterocycles. The normalized spacial score (nSPS) is 11.0. The monoisotopic (exact) mass is 387 g/mol. The number of benzene rings is 2. The van der Waals surface area contributed by atoms with Gasteiger partial charge in [-0.05, 0) is 42.3 Å². The number of aromatic nitrogens is 2. The van der Waals surface area contributed by atoms with E-state index in [-0.39, 0.29) is 0 Å². The molecule has 5 nitrogen and oxygen atoms in total. The van der Waals surface area contributed by atoms with E-state index in [9.17, 15) is 0 Å². The van der Waals surface area contributed by atoms with Crippen LogP contribution in [0.2, 0.25) is 0 Å². The third kappa shape index (κ3) is 4.58. The second kappa shape index (κ2) is 8.80. The molecule has 0 aliphatic rings. The van der Waals surface area contributed by atoms with Crippen LogP contribution in [-0.2, 0) is 11.3 Å². The Morgan fingerprint density at radius 3 is 2.76 bits per heavy atom. The first-order valence-electron chi connectivity index (χ1n) is 9.72. The lowest BCUT2D eigenvalue weighted by Gasteiger charge is -2.08. The lowest BCUT2D eigenvalue weighted by atomic mass is 10.1. The van der Waals surface area contributed by atoms with E-state index in [1.165, 1.54) is 11.1 Å². The molecule has 0 unspecified atom stereocenters. The van der Waals surface area contributed by atoms with Crippen molar-refractivity contribution in [3.8, 4) is 17.0 Å². The summed E-state index contributed by atoms with van der Waals surface area (Å²) in [4.78, 5) is 7.98. The average Bonchev–Trinajstić information content (AvgIpc) is 3.17. The summed E-state index contributed by atoms with van der Waals surface area (Å²) in [7, 11) is 1.67. The summed E-state index contributed by atoms with van der Waals surface area (Å²) >= 11 is 0. The minimum Gasteiger partial charge on any atom is -0.491 e. The van der Waals surface area contributed by atoms with Gasteiger partial charge < -0.3 is 19.8 Å². The molecular formula is C24H25N3O2. The van der Waals surface area contributed by atoms with E-state index >= 15 is 0 Å². The standard InChI is InChI=1S/C24H25N3O2/c1-17-6-3-4-7-19(17)15-25-21-12-20-14-23(27-24(20)26-16-21)18-8-5-9-22(13-18)29-11-10-28-2/h3-9,12-14,16,25H,10-11,15H2,1-2H3,(H,26,27). The topological polar surface area (TPSA) is 59.2 Å². The molecule has 2 aromatic heterocycles. The van der Waals surface area contributed by atoms with Crippen molar-refractivity contribution in [2.24, 2.45) is 0 Å². The fourth-order valence-electron chi connectivity index (χ4n) is 3.27. The van der Waals surface area contributed by atoms with Crippen LogP contribution in [-0.4, -0.2) is 30.3 Å². The van der Waals surface area contributed by atoms with E-state index < -0.39 is 0 Å². The van der Waals surface area contributed by atoms with Crippen LogP contribution in [0, 0.1) is 6.92 Å². The van der Waals surface area contributed by atoms with Crippen LogP contribution in [0.4, 0.5) is 5.69 Å². The number of aryl methyl sites for hydroxylation is 1. The number of methoxy groups -OCH3 is 1. The van der Waals surface area contributed by atoms with E-state index in [1.54, 1.807) is 7.11 Å². The quantitative estimate of drug-likeness (QED) is 0.409. The van der Waals surface area contributed by atoms with Gasteiger partial charge in [0.2, 0.25) is 0 Å². The Morgan fingerprint density at radius 1 is 1.00 bits per heavy atom. The third-order valence-corrected chi connectivity index (χ3v) is 4.92. The first-order valence-corrected chi connectivity index (χ1v) is 9.72. The Kier molecular flexibility index (Phi) is 5.77. The van der Waals surface area contributed by atoms with Gasteiger partial charge in [0.25, 0.3) is 0 Å². The minimum absolute atomic E-state index is 0.532. The predicted molar refractivity (Wildman–Crippen MR) is 117 cm³/mol. The maximum atomic E-state index is 5.72. The zero-order valence-electron chi connectivity index (χ0n) is 16.7. The number of nitrogens with zero attached hydrogens (tertiary/aromatic N) is 1. The Morgan fingerprint density at radius 2 is 1.90 bits per heavy atom. The first kappa shape index (κ1) is 19.0. The van der Waals surface area contributed by atoms with Crippen LogP contribution in [0.1, 0.15) is 11.1 Å². The maximum absolute atomic E-state index is 5.72. The second-order valence-electron chi connectivity index (χ2n) is 6.99. The number of fused-ring (bicyclic) bond motifs is 1. The zero-order chi connectivity index (χ0) is 20.1. The predicted octanol–water partition coefficient (Wildman–Crippen LogP) is 5.18. The molecule has 4 aromatic rings. The number of hydrogen-bond donors (Lipinski definition) is 2. The highest BCUT2D eigenvalue weighted by atomic mass is 16.5. The van der Waals surface area contributed by atoms with E-state index in [4.69, 9.17) is 9.47 Å². The number of nitrogens with one attached hydrogen (secondary N) is 2. The van der Waals surface area contributed by atoms with E-state index in [0.29, 0.717) is 13.2 Å². The lowest BCUT2D eigenvalue weighted by molar-refractivity contribution is 0.146. The highest BCUT2D eigenvalue weighted by molar-refractivity contribution is 5.85. The number of anilines is 1. The van der Waals surface area contributed by atoms with Crippen LogP contribution in [0.15, 0.2) is 66.9 Å². The highest BCUT2D eigenvalue weighted by Crippen LogP contribution is 2.27. The molecule has 0 spiro atoms. The maximum Gasteiger partial charge on any atom is 0.137 e. The fraction of sp³-hybridized carbons (Fsp3) is 0.208. The van der Waals surface area contributed by atoms with Crippen LogP contribution < -0.4 is 10.1 Å². The van der Waals surface area contributed by atoms with Crippen molar-refractivity contribution in [3.63, 3.8) is 0 Å². The van der Waals surface area contributed by atoms with Crippen molar-refractivity contribution >= 4 is 16.7 Å². The van der Waals surface area contributed by atoms with Gasteiger partial charge in [-0.2, -0.15) is 0 Å². The van der Waals surface area contributed by atoms with Gasteiger partial charge in [0.15, 0.2) is 0 Å². The molecule has 2 heterocycles. The van der Waals surface area contributed by atoms with Gasteiger partial charge in [0.05, 0.1) is 18.5 Å². The molecule has 0 aliphatic carbocycles. The molecule has 2 aromatic carbocycles. The van der Waals surface area contributed by atoms with Crippen molar-refractivity contribution in [1.29, 1.82) is 0 Å². The van der Waals surface area contributed by atoms with Gasteiger partial charge in [-0.1, -0.05) is 36.4 Å². The SMILES string of the molecule is COCCOc1cccc(-c2cc3cc(NCc4ccccc4C)cnc3[nH]2)c1. The highest BCUT2D eigenvalue weighted by Gasteiger charge is 2.07. The number of H-pyrrole nitrogens is 1. The zero-order valence-corrected chi connectivity index (χ0v) is 16.7. The molecular weight excluding hydrogens is 362 g/mol. The Bertz CT molecular complexity index is 1100. The molecule has 0 saturated carbocycles. The molecule has 29 heavy (non-hydrogen) atoms. The molecule has 148 valence electrons. The van der Waals surface area contributed by atoms with Crippen molar-refractivity contribution in [2.75, 3.05) is 25.6 Å². The van der Waals surface area contributed by atoms with Crippen molar-refractivity contribution in [3.05, 3.63) is 78.0 Å². The average molecular weight is 387 g/mol. The largest absolute Gasteiger partial charge is 0.491 e. The van der Waals surface area contributed by atoms with E-state index in [0.717, 1.165) is 40.3 Å². The van der Waals surface area contributed by atoms with Gasteiger partial charge in [-0.3, -0.25) is 0 Å². The summed E-state index contributed by atoms with van der Waals surface area (Å²) < 4.78 is 10.8. The van der Waals surface area contributed by atoms with Crippen LogP contribution in [0.3, 0.4) is 0 Å². The molecule has 0 bridgehead atoms. The molecule has 2 N–H and O–H groups in total. The van der Waals surface area contributed by atoms with Gasteiger partial charge in [-0.25, -0.2) is 4.98 Å². The number of ether oxygens (including phenoxy) is 2. The smallest absolute Gasteiger partial charge is 0.137 e. The Hall–Kier alpha value is -3.31. The second-order valence-corrected chi connectivity index (χ2v) is 6.99. The molecule has 0 fully saturated rings. The van der Waals surface area contributed by atoms with Crippen molar-refractivity contribution in [2.45, 2.75) is 13.5 Å². The lowest BCUT2D eigenvalue weighted by Crippen LogP contribution is -2.04. The van der Waals surface area contributed by atoms with Gasteiger partial charge in [0.1, 0.15) is 18.0 Å². The number of pyridine rings is 1. The van der Waals surface area contributed by atoms with Crippen LogP contribution >= 0.6 is 0 Å². The van der Waals surface area contributed by atoms with Gasteiger partial charge in [-0.15, -0.1) is 0 Å². The molecule has 0 aliphatic heterocycles. The van der Waals surface area contributed by atoms with E-state index in [1.807, 2.05) is 24.4 Å². The molecule has 4 rings (SSSR count). The summed E-state index contributed by atoms with van der Waals surface area (Å²) in [5.41, 5.74) is 6.52. The van der Waals surface area contributed by atoms with Crippen molar-refractivity contribution in [1.82, 2.24) is 9.97 Å². The third-order valence-electron chi connectivity index (χ3n) is 4.92. The Balaban J connectivity index is 1.51. The molecule has 5 heteroatoms. The summed E-state index contributed by atoms with van der Waals surface area (Å²) in [6.07, 6.45) is 1.87. The summed E-state index contributed by atoms with van der Waals surface area (Å²) in [6, 6.07) is 20.7. The fourth-order valence-corrected chi connectivity index (χ4v) is 3.27. The number of aromatic amines is 1. The minimum atomic E-state index is 0.532. The molecule has 0 atom stereocenters. The van der Waals surface area contributed by atoms with Crippen LogP contribution in [0.5, 0.6) is 5.75 Å². The Labute approximate surface area is 170 Å². The first-order chi connectivity index (χ1) is 14.2. The molecule has 0 radical (unpaired) electrons. The summed E-state index contributed by atoms with van der Waals surface area (Å²) in [5.74, 6) is 0.826. The summed E-state index contributed by atoms with van der Waals surface area (Å²) in [5, 5.41) is 4.54. The van der Waals surface area contributed by atoms with Gasteiger partial charge in [0, 0.05) is 30.3 Å². The molecule has 0 amide bonds. The van der Waals surface area contributed by atoms with E-state index in [2.05, 4.69) is 64.7 Å². The number of hydrogen-bond acceptors (Lipinski definition) is 4. The van der Waals surface area contributed by atoms with Crippen molar-refractivity contribution < 1.29 is 9.47 Å². The number of rotatable bonds is 8.